The van der Waals surface area contributed by atoms with Crippen LogP contribution in [0.15, 0.2) is 24.3 Å². The first-order chi connectivity index (χ1) is 24.3. The summed E-state index contributed by atoms with van der Waals surface area (Å²) in [5.41, 5.74) is -1.66. The van der Waals surface area contributed by atoms with Gasteiger partial charge >= 0.3 is 24.1 Å². The maximum absolute atomic E-state index is 13.8. The Bertz CT molecular complexity index is 1580. The number of rotatable bonds is 14. The highest BCUT2D eigenvalue weighted by atomic mass is 127. The smallest absolute Gasteiger partial charge is 0.408 e. The van der Waals surface area contributed by atoms with Gasteiger partial charge < -0.3 is 39.1 Å². The lowest BCUT2D eigenvalue weighted by molar-refractivity contribution is -0.158. The number of halogens is 5. The average molecular weight is 1260 g/mol. The lowest BCUT2D eigenvalue weighted by Gasteiger charge is -2.27. The van der Waals surface area contributed by atoms with Crippen LogP contribution in [0.1, 0.15) is 80.7 Å². The van der Waals surface area contributed by atoms with E-state index in [0.29, 0.717) is 11.5 Å². The van der Waals surface area contributed by atoms with Crippen LogP contribution in [0.2, 0.25) is 0 Å². The van der Waals surface area contributed by atoms with Crippen molar-refractivity contribution in [3.63, 3.8) is 0 Å². The zero-order valence-electron chi connectivity index (χ0n) is 31.3. The fourth-order valence-corrected chi connectivity index (χ4v) is 9.18. The van der Waals surface area contributed by atoms with Crippen LogP contribution < -0.4 is 20.1 Å². The molecule has 296 valence electrons. The number of amides is 2. The lowest BCUT2D eigenvalue weighted by atomic mass is 10.1. The largest absolute Gasteiger partial charge is 0.495 e. The molecule has 0 aliphatic heterocycles. The second-order valence-corrected chi connectivity index (χ2v) is 20.1. The molecule has 0 aliphatic rings. The second-order valence-electron chi connectivity index (χ2n) is 14.8. The molecule has 3 atom stereocenters. The fourth-order valence-electron chi connectivity index (χ4n) is 4.45. The summed E-state index contributed by atoms with van der Waals surface area (Å²) in [6, 6.07) is 5.34. The van der Waals surface area contributed by atoms with Gasteiger partial charge in [0.1, 0.15) is 46.5 Å². The molecule has 0 radical (unpaired) electrons. The van der Waals surface area contributed by atoms with E-state index in [1.165, 1.54) is 0 Å². The van der Waals surface area contributed by atoms with Crippen LogP contribution in [0.5, 0.6) is 17.2 Å². The molecule has 0 aromatic heterocycles. The maximum Gasteiger partial charge on any atom is 0.408 e. The Kier molecular flexibility index (Phi) is 19.0. The number of nitrogens with one attached hydrogen (secondary N) is 2. The maximum atomic E-state index is 13.8. The molecule has 2 aromatic carbocycles. The first kappa shape index (κ1) is 48.1. The quantitative estimate of drug-likeness (QED) is 0.0812. The predicted molar refractivity (Wildman–Crippen MR) is 239 cm³/mol. The highest BCUT2D eigenvalue weighted by Gasteiger charge is 2.32. The molecule has 0 unspecified atom stereocenters. The van der Waals surface area contributed by atoms with Gasteiger partial charge in [0.15, 0.2) is 5.75 Å². The number of alkyl halides is 1. The molecule has 0 aliphatic carbocycles. The number of methoxy groups -OCH3 is 1. The van der Waals surface area contributed by atoms with Crippen LogP contribution in [0.25, 0.3) is 0 Å². The molecule has 2 N–H and O–H groups in total. The van der Waals surface area contributed by atoms with Gasteiger partial charge in [0, 0.05) is 11.8 Å². The summed E-state index contributed by atoms with van der Waals surface area (Å²) in [7, 11) is 1.63. The Balaban J connectivity index is 2.32. The van der Waals surface area contributed by atoms with Crippen LogP contribution in [0.3, 0.4) is 0 Å². The number of benzene rings is 2. The number of hydrogen-bond acceptors (Lipinski definition) is 10. The van der Waals surface area contributed by atoms with Gasteiger partial charge in [0.05, 0.1) is 21.4 Å². The molecule has 0 bridgehead atoms. The summed E-state index contributed by atoms with van der Waals surface area (Å²) in [5, 5.41) is 5.48. The summed E-state index contributed by atoms with van der Waals surface area (Å²) < 4.78 is 37.4. The first-order valence-electron chi connectivity index (χ1n) is 16.5. The molecular formula is C36H47BrI4N2O10. The Labute approximate surface area is 375 Å². The minimum atomic E-state index is -1.13. The number of ether oxygens (including phenoxy) is 6. The van der Waals surface area contributed by atoms with Crippen LogP contribution in [-0.4, -0.2) is 71.6 Å². The molecule has 2 aromatic rings. The number of alkyl carbamates (subject to hydrolysis) is 2. The molecule has 0 fully saturated rings. The van der Waals surface area contributed by atoms with Crippen molar-refractivity contribution in [2.75, 3.05) is 12.4 Å². The van der Waals surface area contributed by atoms with E-state index in [2.05, 4.69) is 117 Å². The Morgan fingerprint density at radius 2 is 1.11 bits per heavy atom. The van der Waals surface area contributed by atoms with Gasteiger partial charge in [0.2, 0.25) is 0 Å². The number of esters is 2. The van der Waals surface area contributed by atoms with Crippen LogP contribution in [-0.2, 0) is 35.0 Å². The number of carbonyl (C=O) groups excluding carboxylic acids is 4. The second kappa shape index (κ2) is 20.9. The SMILES string of the molecule is COc1c(I)cc(Oc2c(I)cc(C[C@H](NC(=O)OC(C)(C)C)C(=O)O[C@@H](CBr)CC[C@H](NC(=O)OC(C)(C)C)C(=O)OC(C)(C)C)cc2I)cc1I. The zero-order valence-corrected chi connectivity index (χ0v) is 41.6. The van der Waals surface area contributed by atoms with Crippen LogP contribution in [0.4, 0.5) is 9.59 Å². The van der Waals surface area contributed by atoms with E-state index in [1.54, 1.807) is 69.4 Å². The van der Waals surface area contributed by atoms with E-state index in [4.69, 9.17) is 28.4 Å². The van der Waals surface area contributed by atoms with Gasteiger partial charge in [0.25, 0.3) is 0 Å². The Hall–Kier alpha value is -1.08. The lowest BCUT2D eigenvalue weighted by Crippen LogP contribution is -2.47. The Morgan fingerprint density at radius 3 is 1.55 bits per heavy atom. The van der Waals surface area contributed by atoms with E-state index in [0.717, 1.165) is 25.6 Å². The molecule has 53 heavy (non-hydrogen) atoms. The van der Waals surface area contributed by atoms with E-state index in [1.807, 2.05) is 24.3 Å². The van der Waals surface area contributed by atoms with Gasteiger partial charge in [-0.1, -0.05) is 15.9 Å². The van der Waals surface area contributed by atoms with E-state index < -0.39 is 59.1 Å². The van der Waals surface area contributed by atoms with Crippen molar-refractivity contribution in [2.24, 2.45) is 0 Å². The summed E-state index contributed by atoms with van der Waals surface area (Å²) in [6.07, 6.45) is -1.97. The highest BCUT2D eigenvalue weighted by Crippen LogP contribution is 2.37. The summed E-state index contributed by atoms with van der Waals surface area (Å²) in [4.78, 5) is 52.4. The van der Waals surface area contributed by atoms with Crippen molar-refractivity contribution in [1.29, 1.82) is 0 Å². The summed E-state index contributed by atoms with van der Waals surface area (Å²) in [5.74, 6) is 0.704. The van der Waals surface area contributed by atoms with Crippen molar-refractivity contribution < 1.29 is 47.6 Å². The van der Waals surface area contributed by atoms with Gasteiger partial charge in [-0.05, 0) is 195 Å². The van der Waals surface area contributed by atoms with Crippen molar-refractivity contribution in [2.45, 2.75) is 117 Å². The van der Waals surface area contributed by atoms with Crippen molar-refractivity contribution >= 4 is 130 Å². The molecule has 0 spiro atoms. The molecule has 0 heterocycles. The summed E-state index contributed by atoms with van der Waals surface area (Å²) in [6.45, 7) is 15.5. The number of carbonyl (C=O) groups is 4. The molecule has 12 nitrogen and oxygen atoms in total. The molecule has 17 heteroatoms. The molecule has 2 rings (SSSR count). The Morgan fingerprint density at radius 1 is 0.660 bits per heavy atom. The van der Waals surface area contributed by atoms with E-state index in [-0.39, 0.29) is 24.6 Å². The summed E-state index contributed by atoms with van der Waals surface area (Å²) >= 11 is 12.2. The molecule has 0 saturated heterocycles. The van der Waals surface area contributed by atoms with Gasteiger partial charge in [-0.15, -0.1) is 0 Å². The monoisotopic (exact) mass is 1250 g/mol. The highest BCUT2D eigenvalue weighted by molar-refractivity contribution is 14.1. The predicted octanol–water partition coefficient (Wildman–Crippen LogP) is 9.66. The molecular weight excluding hydrogens is 1210 g/mol. The average Bonchev–Trinajstić information content (AvgIpc) is 2.97. The molecule has 2 amide bonds. The third-order valence-electron chi connectivity index (χ3n) is 6.48. The van der Waals surface area contributed by atoms with Crippen molar-refractivity contribution in [3.8, 4) is 17.2 Å². The zero-order chi connectivity index (χ0) is 40.5. The van der Waals surface area contributed by atoms with Gasteiger partial charge in [-0.2, -0.15) is 0 Å². The van der Waals surface area contributed by atoms with Crippen molar-refractivity contribution in [1.82, 2.24) is 10.6 Å². The van der Waals surface area contributed by atoms with Gasteiger partial charge in [-0.3, -0.25) is 0 Å². The first-order valence-corrected chi connectivity index (χ1v) is 21.9. The van der Waals surface area contributed by atoms with E-state index >= 15 is 0 Å². The fraction of sp³-hybridized carbons (Fsp3) is 0.556. The minimum Gasteiger partial charge on any atom is -0.495 e. The number of hydrogen-bond donors (Lipinski definition) is 2. The van der Waals surface area contributed by atoms with Gasteiger partial charge in [-0.25, -0.2) is 19.2 Å². The normalized spacial score (nSPS) is 13.6. The van der Waals surface area contributed by atoms with E-state index in [9.17, 15) is 19.2 Å². The third-order valence-corrected chi connectivity index (χ3v) is 10.4. The minimum absolute atomic E-state index is 0.0754. The van der Waals surface area contributed by atoms with Crippen molar-refractivity contribution in [3.05, 3.63) is 44.1 Å². The third kappa shape index (κ3) is 17.7. The standard InChI is InChI=1S/C36H47BrI4N2O10/c1-34(2,3)51-31(45)26(42-32(46)52-35(4,5)6)12-11-20(18-37)50-30(44)27(43-33(47)53-36(7,8)9)15-19-13-22(38)29(23(39)14-19)49-21-16-24(40)28(48-10)25(41)17-21/h13-14,16-17,20,26-27H,11-12,15,18H2,1-10H3,(H,42,46)(H,43,47)/t20-,26+,27+/m1/s1. The topological polar surface area (TPSA) is 148 Å². The molecule has 0 saturated carbocycles. The van der Waals surface area contributed by atoms with Crippen LogP contribution in [0, 0.1) is 14.3 Å². The van der Waals surface area contributed by atoms with Crippen LogP contribution >= 0.6 is 106 Å².